The lowest BCUT2D eigenvalue weighted by molar-refractivity contribution is 1.30. The Morgan fingerprint density at radius 3 is 2.39 bits per heavy atom. The molecule has 1 aromatic carbocycles. The number of aromatic nitrogens is 1. The first kappa shape index (κ1) is 12.3. The third-order valence-electron chi connectivity index (χ3n) is 3.08. The first-order valence-electron chi connectivity index (χ1n) is 6.03. The van der Waals surface area contributed by atoms with Crippen LogP contribution in [0.4, 0.5) is 0 Å². The fourth-order valence-corrected chi connectivity index (χ4v) is 2.07. The Bertz CT molecular complexity index is 580. The highest BCUT2D eigenvalue weighted by Crippen LogP contribution is 2.29. The highest BCUT2D eigenvalue weighted by molar-refractivity contribution is 5.84. The number of benzene rings is 1. The second-order valence-electron chi connectivity index (χ2n) is 4.31. The van der Waals surface area contributed by atoms with Crippen molar-refractivity contribution in [2.45, 2.75) is 13.8 Å². The second-order valence-corrected chi connectivity index (χ2v) is 4.31. The van der Waals surface area contributed by atoms with Crippen LogP contribution < -0.4 is 0 Å². The van der Waals surface area contributed by atoms with E-state index in [1.807, 2.05) is 30.6 Å². The maximum Gasteiger partial charge on any atom is 0.0273 e. The lowest BCUT2D eigenvalue weighted by Gasteiger charge is -2.13. The molecule has 0 aliphatic carbocycles. The molecule has 1 nitrogen and oxygen atoms in total. The number of hydrogen-bond acceptors (Lipinski definition) is 1. The summed E-state index contributed by atoms with van der Waals surface area (Å²) in [5, 5.41) is 0. The molecule has 0 atom stereocenters. The Balaban J connectivity index is 2.67. The lowest BCUT2D eigenvalue weighted by Crippen LogP contribution is -1.94. The molecular formula is C17H17N. The van der Waals surface area contributed by atoms with Crippen molar-refractivity contribution in [3.63, 3.8) is 0 Å². The highest BCUT2D eigenvalue weighted by atomic mass is 14.6. The largest absolute Gasteiger partial charge is 0.265 e. The second kappa shape index (κ2) is 5.46. The first-order valence-corrected chi connectivity index (χ1v) is 6.03. The minimum atomic E-state index is 1.18. The molecule has 0 unspecified atom stereocenters. The molecule has 0 fully saturated rings. The molecule has 0 N–H and O–H groups in total. The van der Waals surface area contributed by atoms with E-state index in [1.54, 1.807) is 0 Å². The molecule has 0 bridgehead atoms. The van der Waals surface area contributed by atoms with Gasteiger partial charge >= 0.3 is 0 Å². The molecule has 90 valence electrons. The van der Waals surface area contributed by atoms with Gasteiger partial charge in [-0.25, -0.2) is 0 Å². The minimum absolute atomic E-state index is 1.18. The van der Waals surface area contributed by atoms with E-state index in [0.29, 0.717) is 0 Å². The average molecular weight is 235 g/mol. The minimum Gasteiger partial charge on any atom is -0.265 e. The standard InChI is InChI=1S/C17H17N/c1-4-13(2)17(15-9-11-18-12-10-15)16-8-6-5-7-14(16)3/h4-12H,1H2,2-3H3/b17-13+. The van der Waals surface area contributed by atoms with Gasteiger partial charge in [-0.15, -0.1) is 0 Å². The Morgan fingerprint density at radius 1 is 1.11 bits per heavy atom. The summed E-state index contributed by atoms with van der Waals surface area (Å²) in [6, 6.07) is 12.5. The number of hydrogen-bond donors (Lipinski definition) is 0. The van der Waals surface area contributed by atoms with Crippen molar-refractivity contribution in [1.82, 2.24) is 4.98 Å². The lowest BCUT2D eigenvalue weighted by atomic mass is 9.91. The topological polar surface area (TPSA) is 12.9 Å². The van der Waals surface area contributed by atoms with E-state index >= 15 is 0 Å². The predicted octanol–water partition coefficient (Wildman–Crippen LogP) is 4.40. The summed E-state index contributed by atoms with van der Waals surface area (Å²) < 4.78 is 0. The average Bonchev–Trinajstić information content (AvgIpc) is 2.42. The number of rotatable bonds is 3. The fraction of sp³-hybridized carbons (Fsp3) is 0.118. The molecule has 18 heavy (non-hydrogen) atoms. The molecule has 0 saturated heterocycles. The van der Waals surface area contributed by atoms with Crippen molar-refractivity contribution in [3.05, 3.63) is 83.7 Å². The van der Waals surface area contributed by atoms with Gasteiger partial charge in [0, 0.05) is 12.4 Å². The Hall–Kier alpha value is -2.15. The quantitative estimate of drug-likeness (QED) is 0.719. The SMILES string of the molecule is C=C/C(C)=C(\c1ccncc1)c1ccccc1C. The first-order chi connectivity index (χ1) is 8.74. The van der Waals surface area contributed by atoms with Gasteiger partial charge < -0.3 is 0 Å². The maximum atomic E-state index is 4.08. The summed E-state index contributed by atoms with van der Waals surface area (Å²) in [7, 11) is 0. The van der Waals surface area contributed by atoms with Gasteiger partial charge in [0.15, 0.2) is 0 Å². The Morgan fingerprint density at radius 2 is 1.78 bits per heavy atom. The van der Waals surface area contributed by atoms with Gasteiger partial charge in [-0.1, -0.05) is 36.9 Å². The monoisotopic (exact) mass is 235 g/mol. The zero-order valence-electron chi connectivity index (χ0n) is 10.9. The van der Waals surface area contributed by atoms with Crippen LogP contribution in [-0.2, 0) is 0 Å². The number of allylic oxidation sites excluding steroid dienone is 2. The fourth-order valence-electron chi connectivity index (χ4n) is 2.07. The van der Waals surface area contributed by atoms with Crippen LogP contribution in [-0.4, -0.2) is 4.98 Å². The van der Waals surface area contributed by atoms with Crippen LogP contribution in [0.5, 0.6) is 0 Å². The van der Waals surface area contributed by atoms with Gasteiger partial charge in [0.2, 0.25) is 0 Å². The van der Waals surface area contributed by atoms with Gasteiger partial charge in [0.1, 0.15) is 0 Å². The van der Waals surface area contributed by atoms with E-state index in [2.05, 4.69) is 49.7 Å². The molecule has 0 aliphatic heterocycles. The summed E-state index contributed by atoms with van der Waals surface area (Å²) in [6.07, 6.45) is 5.55. The van der Waals surface area contributed by atoms with Gasteiger partial charge in [0.05, 0.1) is 0 Å². The summed E-state index contributed by atoms with van der Waals surface area (Å²) >= 11 is 0. The number of nitrogens with zero attached hydrogens (tertiary/aromatic N) is 1. The zero-order chi connectivity index (χ0) is 13.0. The molecule has 0 spiro atoms. The van der Waals surface area contributed by atoms with Crippen LogP contribution in [0.3, 0.4) is 0 Å². The molecule has 1 heterocycles. The Labute approximate surface area is 109 Å². The van der Waals surface area contributed by atoms with E-state index in [9.17, 15) is 0 Å². The van der Waals surface area contributed by atoms with Crippen molar-refractivity contribution in [2.75, 3.05) is 0 Å². The molecule has 1 aromatic heterocycles. The number of pyridine rings is 1. The van der Waals surface area contributed by atoms with Gasteiger partial charge in [-0.05, 0) is 53.8 Å². The van der Waals surface area contributed by atoms with Crippen molar-refractivity contribution in [3.8, 4) is 0 Å². The van der Waals surface area contributed by atoms with Crippen molar-refractivity contribution in [1.29, 1.82) is 0 Å². The number of aryl methyl sites for hydroxylation is 1. The van der Waals surface area contributed by atoms with E-state index in [4.69, 9.17) is 0 Å². The van der Waals surface area contributed by atoms with Gasteiger partial charge in [0.25, 0.3) is 0 Å². The highest BCUT2D eigenvalue weighted by Gasteiger charge is 2.09. The Kier molecular flexibility index (Phi) is 3.73. The van der Waals surface area contributed by atoms with Gasteiger partial charge in [-0.2, -0.15) is 0 Å². The molecule has 2 rings (SSSR count). The zero-order valence-corrected chi connectivity index (χ0v) is 10.9. The molecule has 0 aliphatic rings. The molecule has 0 radical (unpaired) electrons. The molecule has 0 saturated carbocycles. The van der Waals surface area contributed by atoms with Crippen LogP contribution in [0, 0.1) is 6.92 Å². The normalized spacial score (nSPS) is 11.9. The third kappa shape index (κ3) is 2.40. The van der Waals surface area contributed by atoms with Crippen LogP contribution in [0.2, 0.25) is 0 Å². The van der Waals surface area contributed by atoms with E-state index in [0.717, 1.165) is 0 Å². The van der Waals surface area contributed by atoms with E-state index in [-0.39, 0.29) is 0 Å². The third-order valence-corrected chi connectivity index (χ3v) is 3.08. The van der Waals surface area contributed by atoms with Crippen molar-refractivity contribution < 1.29 is 0 Å². The summed E-state index contributed by atoms with van der Waals surface area (Å²) in [5.74, 6) is 0. The summed E-state index contributed by atoms with van der Waals surface area (Å²) in [6.45, 7) is 8.11. The maximum absolute atomic E-state index is 4.08. The van der Waals surface area contributed by atoms with Crippen molar-refractivity contribution in [2.24, 2.45) is 0 Å². The van der Waals surface area contributed by atoms with Crippen molar-refractivity contribution >= 4 is 5.57 Å². The predicted molar refractivity (Wildman–Crippen MR) is 77.3 cm³/mol. The van der Waals surface area contributed by atoms with Crippen LogP contribution in [0.15, 0.2) is 67.0 Å². The van der Waals surface area contributed by atoms with Crippen LogP contribution in [0.1, 0.15) is 23.6 Å². The molecule has 1 heteroatoms. The smallest absolute Gasteiger partial charge is 0.0273 e. The molecule has 0 amide bonds. The van der Waals surface area contributed by atoms with Crippen LogP contribution in [0.25, 0.3) is 5.57 Å². The summed E-state index contributed by atoms with van der Waals surface area (Å²) in [4.78, 5) is 4.08. The summed E-state index contributed by atoms with van der Waals surface area (Å²) in [5.41, 5.74) is 6.10. The van der Waals surface area contributed by atoms with Gasteiger partial charge in [-0.3, -0.25) is 4.98 Å². The van der Waals surface area contributed by atoms with Crippen LogP contribution >= 0.6 is 0 Å². The van der Waals surface area contributed by atoms with E-state index < -0.39 is 0 Å². The molecule has 2 aromatic rings. The molecular weight excluding hydrogens is 218 g/mol. The van der Waals surface area contributed by atoms with E-state index in [1.165, 1.54) is 27.8 Å².